The highest BCUT2D eigenvalue weighted by atomic mass is 79.9. The Morgan fingerprint density at radius 1 is 1.53 bits per heavy atom. The Morgan fingerprint density at radius 3 is 2.95 bits per heavy atom. The van der Waals surface area contributed by atoms with Crippen LogP contribution in [0.1, 0.15) is 25.3 Å². The van der Waals surface area contributed by atoms with E-state index in [2.05, 4.69) is 35.0 Å². The second kappa shape index (κ2) is 6.73. The van der Waals surface area contributed by atoms with Crippen LogP contribution in [-0.2, 0) is 11.2 Å². The van der Waals surface area contributed by atoms with Crippen LogP contribution in [0.5, 0.6) is 5.75 Å². The van der Waals surface area contributed by atoms with Gasteiger partial charge in [0.05, 0.1) is 17.7 Å². The molecule has 1 heterocycles. The summed E-state index contributed by atoms with van der Waals surface area (Å²) in [6.45, 7) is 3.02. The van der Waals surface area contributed by atoms with Crippen LogP contribution in [-0.4, -0.2) is 25.9 Å². The summed E-state index contributed by atoms with van der Waals surface area (Å²) in [4.78, 5) is 0. The van der Waals surface area contributed by atoms with Gasteiger partial charge in [0.25, 0.3) is 0 Å². The lowest BCUT2D eigenvalue weighted by Gasteiger charge is -2.24. The second-order valence-electron chi connectivity index (χ2n) is 5.11. The maximum Gasteiger partial charge on any atom is 0.133 e. The number of hydrogen-bond donors (Lipinski definition) is 1. The number of benzene rings is 1. The van der Waals surface area contributed by atoms with Crippen LogP contribution in [0.25, 0.3) is 0 Å². The van der Waals surface area contributed by atoms with Gasteiger partial charge in [-0.3, -0.25) is 0 Å². The molecule has 2 N–H and O–H groups in total. The van der Waals surface area contributed by atoms with Crippen molar-refractivity contribution in [2.45, 2.75) is 38.3 Å². The highest BCUT2D eigenvalue weighted by Crippen LogP contribution is 2.29. The van der Waals surface area contributed by atoms with Crippen LogP contribution < -0.4 is 10.5 Å². The minimum absolute atomic E-state index is 0.160. The van der Waals surface area contributed by atoms with Crippen molar-refractivity contribution >= 4 is 15.9 Å². The minimum atomic E-state index is 0.160. The standard InChI is InChI=1S/C15H22BrNO2/c1-3-14-11(6-7-19-14)13(17)9-10-4-5-15(18-2)12(16)8-10/h4-5,8,11,13-14H,3,6-7,9,17H2,1-2H3. The molecule has 3 atom stereocenters. The third-order valence-electron chi connectivity index (χ3n) is 3.90. The summed E-state index contributed by atoms with van der Waals surface area (Å²) in [5.74, 6) is 1.33. The van der Waals surface area contributed by atoms with Gasteiger partial charge in [0.2, 0.25) is 0 Å². The summed E-state index contributed by atoms with van der Waals surface area (Å²) in [5, 5.41) is 0. The number of methoxy groups -OCH3 is 1. The van der Waals surface area contributed by atoms with Gasteiger partial charge in [-0.1, -0.05) is 13.0 Å². The number of rotatable bonds is 5. The van der Waals surface area contributed by atoms with Gasteiger partial charge < -0.3 is 15.2 Å². The molecular formula is C15H22BrNO2. The first kappa shape index (κ1) is 14.8. The van der Waals surface area contributed by atoms with Crippen molar-refractivity contribution in [3.8, 4) is 5.75 Å². The largest absolute Gasteiger partial charge is 0.496 e. The zero-order chi connectivity index (χ0) is 13.8. The predicted molar refractivity (Wildman–Crippen MR) is 80.5 cm³/mol. The predicted octanol–water partition coefficient (Wildman–Crippen LogP) is 3.14. The second-order valence-corrected chi connectivity index (χ2v) is 5.96. The summed E-state index contributed by atoms with van der Waals surface area (Å²) >= 11 is 3.52. The summed E-state index contributed by atoms with van der Waals surface area (Å²) in [7, 11) is 1.67. The lowest BCUT2D eigenvalue weighted by Crippen LogP contribution is -2.36. The van der Waals surface area contributed by atoms with E-state index < -0.39 is 0 Å². The summed E-state index contributed by atoms with van der Waals surface area (Å²) in [6, 6.07) is 6.32. The maximum absolute atomic E-state index is 6.37. The Labute approximate surface area is 123 Å². The van der Waals surface area contributed by atoms with Crippen molar-refractivity contribution in [1.29, 1.82) is 0 Å². The van der Waals surface area contributed by atoms with Crippen molar-refractivity contribution < 1.29 is 9.47 Å². The van der Waals surface area contributed by atoms with Crippen LogP contribution in [0.4, 0.5) is 0 Å². The molecule has 106 valence electrons. The van der Waals surface area contributed by atoms with E-state index in [1.165, 1.54) is 5.56 Å². The minimum Gasteiger partial charge on any atom is -0.496 e. The molecule has 1 saturated heterocycles. The molecule has 1 aromatic rings. The van der Waals surface area contributed by atoms with Crippen molar-refractivity contribution in [1.82, 2.24) is 0 Å². The van der Waals surface area contributed by atoms with E-state index in [9.17, 15) is 0 Å². The lowest BCUT2D eigenvalue weighted by molar-refractivity contribution is 0.0814. The average Bonchev–Trinajstić information content (AvgIpc) is 2.87. The molecule has 3 nitrogen and oxygen atoms in total. The van der Waals surface area contributed by atoms with Gasteiger partial charge in [0.1, 0.15) is 5.75 Å². The quantitative estimate of drug-likeness (QED) is 0.903. The normalized spacial score (nSPS) is 24.4. The molecule has 4 heteroatoms. The molecule has 1 aliphatic heterocycles. The van der Waals surface area contributed by atoms with E-state index in [1.807, 2.05) is 6.07 Å². The van der Waals surface area contributed by atoms with Crippen molar-refractivity contribution in [3.63, 3.8) is 0 Å². The van der Waals surface area contributed by atoms with E-state index >= 15 is 0 Å². The van der Waals surface area contributed by atoms with Gasteiger partial charge in [-0.15, -0.1) is 0 Å². The van der Waals surface area contributed by atoms with E-state index in [0.29, 0.717) is 12.0 Å². The Morgan fingerprint density at radius 2 is 2.32 bits per heavy atom. The molecule has 19 heavy (non-hydrogen) atoms. The fraction of sp³-hybridized carbons (Fsp3) is 0.600. The number of nitrogens with two attached hydrogens (primary N) is 1. The zero-order valence-electron chi connectivity index (χ0n) is 11.6. The third-order valence-corrected chi connectivity index (χ3v) is 4.52. The molecular weight excluding hydrogens is 306 g/mol. The summed E-state index contributed by atoms with van der Waals surface area (Å²) in [5.41, 5.74) is 7.61. The van der Waals surface area contributed by atoms with E-state index in [4.69, 9.17) is 15.2 Å². The fourth-order valence-corrected chi connectivity index (χ4v) is 3.42. The van der Waals surface area contributed by atoms with Gasteiger partial charge in [-0.05, 0) is 52.9 Å². The SMILES string of the molecule is CCC1OCCC1C(N)Cc1ccc(OC)c(Br)c1. The van der Waals surface area contributed by atoms with Gasteiger partial charge >= 0.3 is 0 Å². The zero-order valence-corrected chi connectivity index (χ0v) is 13.2. The fourth-order valence-electron chi connectivity index (χ4n) is 2.84. The van der Waals surface area contributed by atoms with Crippen LogP contribution in [0, 0.1) is 5.92 Å². The van der Waals surface area contributed by atoms with Crippen LogP contribution in [0.15, 0.2) is 22.7 Å². The third kappa shape index (κ3) is 3.50. The highest BCUT2D eigenvalue weighted by Gasteiger charge is 2.31. The molecule has 2 rings (SSSR count). The molecule has 0 aliphatic carbocycles. The Hall–Kier alpha value is -0.580. The van der Waals surface area contributed by atoms with Crippen LogP contribution in [0.2, 0.25) is 0 Å². The molecule has 0 spiro atoms. The molecule has 0 saturated carbocycles. The van der Waals surface area contributed by atoms with Gasteiger partial charge in [-0.25, -0.2) is 0 Å². The maximum atomic E-state index is 6.37. The average molecular weight is 328 g/mol. The monoisotopic (exact) mass is 327 g/mol. The van der Waals surface area contributed by atoms with Crippen molar-refractivity contribution in [2.24, 2.45) is 11.7 Å². The molecule has 1 aromatic carbocycles. The van der Waals surface area contributed by atoms with Gasteiger partial charge in [0, 0.05) is 18.6 Å². The number of ether oxygens (including phenoxy) is 2. The Kier molecular flexibility index (Phi) is 5.25. The van der Waals surface area contributed by atoms with E-state index in [1.54, 1.807) is 7.11 Å². The first-order chi connectivity index (χ1) is 9.15. The van der Waals surface area contributed by atoms with E-state index in [-0.39, 0.29) is 6.04 Å². The Bertz CT molecular complexity index is 425. The molecule has 0 aromatic heterocycles. The molecule has 1 aliphatic rings. The van der Waals surface area contributed by atoms with Gasteiger partial charge in [0.15, 0.2) is 0 Å². The van der Waals surface area contributed by atoms with Crippen LogP contribution in [0.3, 0.4) is 0 Å². The highest BCUT2D eigenvalue weighted by molar-refractivity contribution is 9.10. The number of halogens is 1. The van der Waals surface area contributed by atoms with Crippen molar-refractivity contribution in [2.75, 3.05) is 13.7 Å². The van der Waals surface area contributed by atoms with E-state index in [0.717, 1.165) is 36.1 Å². The smallest absolute Gasteiger partial charge is 0.133 e. The molecule has 0 radical (unpaired) electrons. The first-order valence-corrected chi connectivity index (χ1v) is 7.64. The molecule has 0 amide bonds. The van der Waals surface area contributed by atoms with Crippen LogP contribution >= 0.6 is 15.9 Å². The van der Waals surface area contributed by atoms with Crippen molar-refractivity contribution in [3.05, 3.63) is 28.2 Å². The Balaban J connectivity index is 2.02. The lowest BCUT2D eigenvalue weighted by atomic mass is 9.88. The summed E-state index contributed by atoms with van der Waals surface area (Å²) < 4.78 is 11.9. The first-order valence-electron chi connectivity index (χ1n) is 6.85. The summed E-state index contributed by atoms with van der Waals surface area (Å²) in [6.07, 6.45) is 3.34. The molecule has 3 unspecified atom stereocenters. The topological polar surface area (TPSA) is 44.5 Å². The number of hydrogen-bond acceptors (Lipinski definition) is 3. The molecule has 0 bridgehead atoms. The van der Waals surface area contributed by atoms with Gasteiger partial charge in [-0.2, -0.15) is 0 Å². The molecule has 1 fully saturated rings.